The Hall–Kier alpha value is -1.26. The zero-order valence-corrected chi connectivity index (χ0v) is 13.0. The molecule has 0 aliphatic heterocycles. The summed E-state index contributed by atoms with van der Waals surface area (Å²) in [5.74, 6) is -0.112. The smallest absolute Gasteiger partial charge is 0.157 e. The molecule has 0 amide bonds. The molecule has 0 unspecified atom stereocenters. The van der Waals surface area contributed by atoms with Gasteiger partial charge in [-0.15, -0.1) is 0 Å². The van der Waals surface area contributed by atoms with Gasteiger partial charge in [0.15, 0.2) is 11.5 Å². The van der Waals surface area contributed by atoms with Crippen LogP contribution in [0.3, 0.4) is 0 Å². The Labute approximate surface area is 127 Å². The molecule has 0 atom stereocenters. The monoisotopic (exact) mass is 292 g/mol. The normalized spacial score (nSPS) is 16.5. The molecule has 4 heteroatoms. The first kappa shape index (κ1) is 16.1. The van der Waals surface area contributed by atoms with Crippen LogP contribution < -0.4 is 5.32 Å². The van der Waals surface area contributed by atoms with E-state index in [1.807, 2.05) is 6.07 Å². The van der Waals surface area contributed by atoms with Crippen molar-refractivity contribution in [2.45, 2.75) is 51.1 Å². The van der Waals surface area contributed by atoms with Gasteiger partial charge in [-0.05, 0) is 57.1 Å². The van der Waals surface area contributed by atoms with Gasteiger partial charge in [0, 0.05) is 12.6 Å². The number of aromatic hydroxyl groups is 2. The predicted octanol–water partition coefficient (Wildman–Crippen LogP) is 2.84. The topological polar surface area (TPSA) is 55.7 Å². The third-order valence-electron chi connectivity index (χ3n) is 4.43. The Balaban J connectivity index is 1.60. The van der Waals surface area contributed by atoms with Gasteiger partial charge in [0.25, 0.3) is 0 Å². The summed E-state index contributed by atoms with van der Waals surface area (Å²) in [6, 6.07) is 5.75. The fraction of sp³-hybridized carbons (Fsp3) is 0.647. The van der Waals surface area contributed by atoms with Crippen molar-refractivity contribution in [1.29, 1.82) is 0 Å². The fourth-order valence-electron chi connectivity index (χ4n) is 3.07. The van der Waals surface area contributed by atoms with Crippen molar-refractivity contribution >= 4 is 0 Å². The summed E-state index contributed by atoms with van der Waals surface area (Å²) in [7, 11) is 2.24. The average Bonchev–Trinajstić information content (AvgIpc) is 2.51. The Morgan fingerprint density at radius 2 is 1.90 bits per heavy atom. The van der Waals surface area contributed by atoms with Gasteiger partial charge in [-0.2, -0.15) is 0 Å². The minimum Gasteiger partial charge on any atom is -0.504 e. The number of phenolic OH excluding ortho intramolecular Hbond substituents is 2. The second-order valence-corrected chi connectivity index (χ2v) is 6.13. The number of benzene rings is 1. The number of hydrogen-bond acceptors (Lipinski definition) is 4. The van der Waals surface area contributed by atoms with E-state index in [4.69, 9.17) is 0 Å². The maximum atomic E-state index is 9.44. The molecule has 3 N–H and O–H groups in total. The molecule has 1 saturated carbocycles. The van der Waals surface area contributed by atoms with Gasteiger partial charge in [-0.25, -0.2) is 0 Å². The van der Waals surface area contributed by atoms with E-state index in [1.165, 1.54) is 38.2 Å². The van der Waals surface area contributed by atoms with Crippen molar-refractivity contribution in [3.8, 4) is 11.5 Å². The summed E-state index contributed by atoms with van der Waals surface area (Å²) in [6.45, 7) is 2.83. The van der Waals surface area contributed by atoms with Gasteiger partial charge < -0.3 is 20.4 Å². The standard InChI is InChI=1S/C17H28N2O2/c1-19(15-6-3-2-4-7-15)11-5-10-18-13-14-8-9-16(20)17(21)12-14/h8-9,12,15,18,20-21H,2-7,10-11,13H2,1H3. The molecule has 4 nitrogen and oxygen atoms in total. The molecule has 0 bridgehead atoms. The zero-order valence-electron chi connectivity index (χ0n) is 13.0. The third-order valence-corrected chi connectivity index (χ3v) is 4.43. The van der Waals surface area contributed by atoms with Crippen molar-refractivity contribution in [1.82, 2.24) is 10.2 Å². The van der Waals surface area contributed by atoms with Gasteiger partial charge in [-0.3, -0.25) is 0 Å². The molecule has 2 rings (SSSR count). The Morgan fingerprint density at radius 3 is 2.62 bits per heavy atom. The highest BCUT2D eigenvalue weighted by Gasteiger charge is 2.17. The van der Waals surface area contributed by atoms with E-state index in [0.29, 0.717) is 0 Å². The number of nitrogens with zero attached hydrogens (tertiary/aromatic N) is 1. The molecule has 0 heterocycles. The molecule has 1 aromatic rings. The van der Waals surface area contributed by atoms with Crippen molar-refractivity contribution in [3.05, 3.63) is 23.8 Å². The summed E-state index contributed by atoms with van der Waals surface area (Å²) < 4.78 is 0. The van der Waals surface area contributed by atoms with Gasteiger partial charge in [-0.1, -0.05) is 25.3 Å². The summed E-state index contributed by atoms with van der Waals surface area (Å²) in [5.41, 5.74) is 0.992. The summed E-state index contributed by atoms with van der Waals surface area (Å²) in [4.78, 5) is 2.51. The minimum atomic E-state index is -0.0622. The van der Waals surface area contributed by atoms with Crippen LogP contribution in [-0.2, 0) is 6.54 Å². The first-order valence-corrected chi connectivity index (χ1v) is 8.08. The molecule has 0 aromatic heterocycles. The number of hydrogen-bond donors (Lipinski definition) is 3. The van der Waals surface area contributed by atoms with Crippen molar-refractivity contribution in [3.63, 3.8) is 0 Å². The van der Waals surface area contributed by atoms with Crippen molar-refractivity contribution < 1.29 is 10.2 Å². The van der Waals surface area contributed by atoms with Crippen LogP contribution in [0.4, 0.5) is 0 Å². The fourth-order valence-corrected chi connectivity index (χ4v) is 3.07. The zero-order chi connectivity index (χ0) is 15.1. The Kier molecular flexibility index (Phi) is 6.33. The minimum absolute atomic E-state index is 0.0497. The van der Waals surface area contributed by atoms with Crippen LogP contribution in [0, 0.1) is 0 Å². The van der Waals surface area contributed by atoms with Gasteiger partial charge in [0.2, 0.25) is 0 Å². The van der Waals surface area contributed by atoms with Crippen molar-refractivity contribution in [2.75, 3.05) is 20.1 Å². The Morgan fingerprint density at radius 1 is 1.14 bits per heavy atom. The summed E-state index contributed by atoms with van der Waals surface area (Å²) in [5, 5.41) is 22.1. The van der Waals surface area contributed by atoms with Gasteiger partial charge >= 0.3 is 0 Å². The van der Waals surface area contributed by atoms with Crippen LogP contribution in [0.2, 0.25) is 0 Å². The van der Waals surface area contributed by atoms with E-state index < -0.39 is 0 Å². The van der Waals surface area contributed by atoms with E-state index in [-0.39, 0.29) is 11.5 Å². The molecule has 1 aliphatic carbocycles. The number of nitrogens with one attached hydrogen (secondary N) is 1. The maximum Gasteiger partial charge on any atom is 0.157 e. The average molecular weight is 292 g/mol. The van der Waals surface area contributed by atoms with E-state index in [2.05, 4.69) is 17.3 Å². The predicted molar refractivity (Wildman–Crippen MR) is 85.6 cm³/mol. The lowest BCUT2D eigenvalue weighted by atomic mass is 9.94. The largest absolute Gasteiger partial charge is 0.504 e. The lowest BCUT2D eigenvalue weighted by Gasteiger charge is -2.31. The first-order valence-electron chi connectivity index (χ1n) is 8.08. The van der Waals surface area contributed by atoms with Crippen LogP contribution in [-0.4, -0.2) is 41.3 Å². The van der Waals surface area contributed by atoms with Gasteiger partial charge in [0.05, 0.1) is 0 Å². The van der Waals surface area contributed by atoms with E-state index in [0.717, 1.165) is 37.7 Å². The van der Waals surface area contributed by atoms with E-state index in [9.17, 15) is 10.2 Å². The summed E-state index contributed by atoms with van der Waals surface area (Å²) in [6.07, 6.45) is 8.03. The van der Waals surface area contributed by atoms with Crippen LogP contribution >= 0.6 is 0 Å². The van der Waals surface area contributed by atoms with Crippen LogP contribution in [0.15, 0.2) is 18.2 Å². The molecular weight excluding hydrogens is 264 g/mol. The first-order chi connectivity index (χ1) is 10.2. The molecule has 0 radical (unpaired) electrons. The van der Waals surface area contributed by atoms with Gasteiger partial charge in [0.1, 0.15) is 0 Å². The molecule has 0 spiro atoms. The summed E-state index contributed by atoms with van der Waals surface area (Å²) >= 11 is 0. The molecule has 1 aliphatic rings. The van der Waals surface area contributed by atoms with Crippen molar-refractivity contribution in [2.24, 2.45) is 0 Å². The lowest BCUT2D eigenvalue weighted by molar-refractivity contribution is 0.189. The number of rotatable bonds is 7. The quantitative estimate of drug-likeness (QED) is 0.534. The molecule has 1 aromatic carbocycles. The second-order valence-electron chi connectivity index (χ2n) is 6.13. The number of phenols is 2. The highest BCUT2D eigenvalue weighted by molar-refractivity contribution is 5.40. The SMILES string of the molecule is CN(CCCNCc1ccc(O)c(O)c1)C1CCCCC1. The highest BCUT2D eigenvalue weighted by Crippen LogP contribution is 2.24. The second kappa shape index (κ2) is 8.25. The lowest BCUT2D eigenvalue weighted by Crippen LogP contribution is -2.35. The van der Waals surface area contributed by atoms with E-state index >= 15 is 0 Å². The Bertz CT molecular complexity index is 431. The van der Waals surface area contributed by atoms with E-state index in [1.54, 1.807) is 6.07 Å². The maximum absolute atomic E-state index is 9.44. The highest BCUT2D eigenvalue weighted by atomic mass is 16.3. The molecule has 1 fully saturated rings. The molecule has 118 valence electrons. The van der Waals surface area contributed by atoms with Crippen LogP contribution in [0.25, 0.3) is 0 Å². The molecular formula is C17H28N2O2. The molecule has 21 heavy (non-hydrogen) atoms. The van der Waals surface area contributed by atoms with Crippen LogP contribution in [0.1, 0.15) is 44.1 Å². The molecule has 0 saturated heterocycles. The van der Waals surface area contributed by atoms with Crippen LogP contribution in [0.5, 0.6) is 11.5 Å². The third kappa shape index (κ3) is 5.21.